The molecule has 1 N–H and O–H groups in total. The van der Waals surface area contributed by atoms with Crippen LogP contribution in [-0.4, -0.2) is 22.2 Å². The van der Waals surface area contributed by atoms with E-state index in [4.69, 9.17) is 4.98 Å². The summed E-state index contributed by atoms with van der Waals surface area (Å²) < 4.78 is 0. The Morgan fingerprint density at radius 1 is 1.17 bits per heavy atom. The Labute approximate surface area is 116 Å². The van der Waals surface area contributed by atoms with E-state index >= 15 is 0 Å². The fourth-order valence-corrected chi connectivity index (χ4v) is 3.57. The molecule has 2 rings (SSSR count). The maximum absolute atomic E-state index is 4.75. The lowest BCUT2D eigenvalue weighted by Crippen LogP contribution is -2.13. The second-order valence-corrected chi connectivity index (χ2v) is 7.11. The first-order valence-electron chi connectivity index (χ1n) is 5.97. The molecule has 0 radical (unpaired) electrons. The van der Waals surface area contributed by atoms with E-state index in [1.165, 1.54) is 4.88 Å². The van der Waals surface area contributed by atoms with Crippen LogP contribution in [0, 0.1) is 0 Å². The minimum atomic E-state index is 0.0325. The number of nitrogens with one attached hydrogen (secondary N) is 1. The van der Waals surface area contributed by atoms with Gasteiger partial charge in [0.2, 0.25) is 5.13 Å². The third-order valence-corrected chi connectivity index (χ3v) is 4.81. The summed E-state index contributed by atoms with van der Waals surface area (Å²) in [7, 11) is 1.86. The fourth-order valence-electron chi connectivity index (χ4n) is 1.58. The number of aromatic nitrogens is 3. The van der Waals surface area contributed by atoms with Gasteiger partial charge < -0.3 is 5.32 Å². The SMILES string of the molecule is CCc1nc(C(C)(C)C)c(-c2nnc(NC)s2)s1. The summed E-state index contributed by atoms with van der Waals surface area (Å²) in [6.45, 7) is 8.69. The summed E-state index contributed by atoms with van der Waals surface area (Å²) in [6.07, 6.45) is 0.964. The number of rotatable bonds is 3. The molecule has 0 spiro atoms. The van der Waals surface area contributed by atoms with Crippen molar-refractivity contribution >= 4 is 27.8 Å². The number of nitrogens with zero attached hydrogens (tertiary/aromatic N) is 3. The van der Waals surface area contributed by atoms with Crippen LogP contribution in [0.1, 0.15) is 38.4 Å². The molecular formula is C12H18N4S2. The Kier molecular flexibility index (Phi) is 3.68. The van der Waals surface area contributed by atoms with Gasteiger partial charge in [-0.3, -0.25) is 0 Å². The molecule has 0 bridgehead atoms. The van der Waals surface area contributed by atoms with Crippen LogP contribution in [0.25, 0.3) is 9.88 Å². The van der Waals surface area contributed by atoms with Gasteiger partial charge in [0.15, 0.2) is 5.01 Å². The van der Waals surface area contributed by atoms with Crippen molar-refractivity contribution in [1.82, 2.24) is 15.2 Å². The summed E-state index contributed by atoms with van der Waals surface area (Å²) in [4.78, 5) is 5.91. The summed E-state index contributed by atoms with van der Waals surface area (Å²) in [5, 5.41) is 14.4. The molecule has 0 aliphatic carbocycles. The van der Waals surface area contributed by atoms with Crippen molar-refractivity contribution < 1.29 is 0 Å². The van der Waals surface area contributed by atoms with Crippen LogP contribution >= 0.6 is 22.7 Å². The van der Waals surface area contributed by atoms with Crippen LogP contribution in [0.4, 0.5) is 5.13 Å². The van der Waals surface area contributed by atoms with Gasteiger partial charge in [-0.05, 0) is 6.42 Å². The molecule has 0 unspecified atom stereocenters. The molecule has 6 heteroatoms. The molecule has 98 valence electrons. The van der Waals surface area contributed by atoms with Crippen molar-refractivity contribution in [3.05, 3.63) is 10.7 Å². The zero-order chi connectivity index (χ0) is 13.3. The number of anilines is 1. The average molecular weight is 282 g/mol. The highest BCUT2D eigenvalue weighted by Gasteiger charge is 2.25. The lowest BCUT2D eigenvalue weighted by atomic mass is 9.91. The van der Waals surface area contributed by atoms with Gasteiger partial charge in [0, 0.05) is 12.5 Å². The Bertz CT molecular complexity index is 537. The summed E-state index contributed by atoms with van der Waals surface area (Å²) in [6, 6.07) is 0. The molecule has 0 atom stereocenters. The first kappa shape index (κ1) is 13.4. The van der Waals surface area contributed by atoms with Crippen LogP contribution in [0.3, 0.4) is 0 Å². The molecule has 0 amide bonds. The van der Waals surface area contributed by atoms with Crippen molar-refractivity contribution in [2.24, 2.45) is 0 Å². The quantitative estimate of drug-likeness (QED) is 0.935. The number of thiazole rings is 1. The highest BCUT2D eigenvalue weighted by molar-refractivity contribution is 7.23. The van der Waals surface area contributed by atoms with E-state index in [-0.39, 0.29) is 5.41 Å². The standard InChI is InChI=1S/C12H18N4S2/c1-6-7-14-9(12(2,3)4)8(17-7)10-15-16-11(13-5)18-10/h6H2,1-5H3,(H,13,16). The van der Waals surface area contributed by atoms with Crippen LogP contribution in [-0.2, 0) is 11.8 Å². The summed E-state index contributed by atoms with van der Waals surface area (Å²) in [5.41, 5.74) is 1.16. The molecule has 0 aromatic carbocycles. The predicted octanol–water partition coefficient (Wildman–Crippen LogP) is 3.56. The first-order valence-corrected chi connectivity index (χ1v) is 7.60. The van der Waals surface area contributed by atoms with E-state index in [9.17, 15) is 0 Å². The molecule has 0 aliphatic rings. The smallest absolute Gasteiger partial charge is 0.205 e. The Hall–Kier alpha value is -1.01. The van der Waals surface area contributed by atoms with Crippen LogP contribution in [0.2, 0.25) is 0 Å². The number of hydrogen-bond acceptors (Lipinski definition) is 6. The molecular weight excluding hydrogens is 264 g/mol. The maximum atomic E-state index is 4.75. The van der Waals surface area contributed by atoms with Crippen molar-refractivity contribution in [2.45, 2.75) is 39.5 Å². The lowest BCUT2D eigenvalue weighted by Gasteiger charge is -2.16. The number of aryl methyl sites for hydroxylation is 1. The van der Waals surface area contributed by atoms with Gasteiger partial charge in [0.05, 0.1) is 15.6 Å². The monoisotopic (exact) mass is 282 g/mol. The fraction of sp³-hybridized carbons (Fsp3) is 0.583. The minimum absolute atomic E-state index is 0.0325. The number of hydrogen-bond donors (Lipinski definition) is 1. The Morgan fingerprint density at radius 3 is 2.39 bits per heavy atom. The van der Waals surface area contributed by atoms with Crippen molar-refractivity contribution in [3.8, 4) is 9.88 Å². The Balaban J connectivity index is 2.51. The molecule has 0 saturated heterocycles. The Morgan fingerprint density at radius 2 is 1.89 bits per heavy atom. The van der Waals surface area contributed by atoms with E-state index in [2.05, 4.69) is 43.2 Å². The maximum Gasteiger partial charge on any atom is 0.205 e. The summed E-state index contributed by atoms with van der Waals surface area (Å²) in [5.74, 6) is 0. The summed E-state index contributed by atoms with van der Waals surface area (Å²) >= 11 is 3.31. The van der Waals surface area contributed by atoms with Crippen LogP contribution < -0.4 is 5.32 Å². The van der Waals surface area contributed by atoms with Gasteiger partial charge in [0.1, 0.15) is 0 Å². The largest absolute Gasteiger partial charge is 0.363 e. The van der Waals surface area contributed by atoms with Gasteiger partial charge >= 0.3 is 0 Å². The highest BCUT2D eigenvalue weighted by atomic mass is 32.1. The molecule has 0 saturated carbocycles. The van der Waals surface area contributed by atoms with E-state index in [1.807, 2.05) is 7.05 Å². The molecule has 18 heavy (non-hydrogen) atoms. The van der Waals surface area contributed by atoms with Crippen LogP contribution in [0.5, 0.6) is 0 Å². The topological polar surface area (TPSA) is 50.7 Å². The molecule has 0 fully saturated rings. The van der Waals surface area contributed by atoms with Gasteiger partial charge in [-0.2, -0.15) is 0 Å². The van der Waals surface area contributed by atoms with Crippen LogP contribution in [0.15, 0.2) is 0 Å². The third-order valence-electron chi connectivity index (χ3n) is 2.52. The molecule has 2 heterocycles. The lowest BCUT2D eigenvalue weighted by molar-refractivity contribution is 0.572. The van der Waals surface area contributed by atoms with Gasteiger partial charge in [-0.1, -0.05) is 39.0 Å². The van der Waals surface area contributed by atoms with E-state index in [1.54, 1.807) is 22.7 Å². The molecule has 2 aromatic heterocycles. The zero-order valence-corrected chi connectivity index (χ0v) is 13.0. The van der Waals surface area contributed by atoms with Crippen molar-refractivity contribution in [3.63, 3.8) is 0 Å². The van der Waals surface area contributed by atoms with Gasteiger partial charge in [0.25, 0.3) is 0 Å². The molecule has 0 aliphatic heterocycles. The van der Waals surface area contributed by atoms with E-state index in [0.717, 1.165) is 27.3 Å². The second kappa shape index (κ2) is 4.93. The zero-order valence-electron chi connectivity index (χ0n) is 11.4. The minimum Gasteiger partial charge on any atom is -0.363 e. The van der Waals surface area contributed by atoms with Gasteiger partial charge in [-0.25, -0.2) is 4.98 Å². The van der Waals surface area contributed by atoms with Crippen molar-refractivity contribution in [2.75, 3.05) is 12.4 Å². The first-order chi connectivity index (χ1) is 8.45. The van der Waals surface area contributed by atoms with Gasteiger partial charge in [-0.15, -0.1) is 21.5 Å². The molecule has 2 aromatic rings. The van der Waals surface area contributed by atoms with Crippen molar-refractivity contribution in [1.29, 1.82) is 0 Å². The second-order valence-electron chi connectivity index (χ2n) is 5.05. The highest BCUT2D eigenvalue weighted by Crippen LogP contribution is 2.39. The molecule has 4 nitrogen and oxygen atoms in total. The van der Waals surface area contributed by atoms with E-state index < -0.39 is 0 Å². The third kappa shape index (κ3) is 2.54. The van der Waals surface area contributed by atoms with E-state index in [0.29, 0.717) is 0 Å². The normalized spacial score (nSPS) is 11.8. The predicted molar refractivity (Wildman–Crippen MR) is 78.6 cm³/mol. The average Bonchev–Trinajstić information content (AvgIpc) is 2.94.